The fraction of sp³-hybridized carbons (Fsp3) is 0.0400. The van der Waals surface area contributed by atoms with E-state index in [-0.39, 0.29) is 18.4 Å². The van der Waals surface area contributed by atoms with Gasteiger partial charge in [-0.25, -0.2) is 0 Å². The summed E-state index contributed by atoms with van der Waals surface area (Å²) in [4.78, 5) is 25.2. The van der Waals surface area contributed by atoms with E-state index in [1.807, 2.05) is 54.6 Å². The molecule has 2 N–H and O–H groups in total. The molecule has 4 rings (SSSR count). The van der Waals surface area contributed by atoms with Crippen molar-refractivity contribution in [2.75, 3.05) is 17.2 Å². The number of hydrogen-bond acceptors (Lipinski definition) is 3. The average molecular weight is 475 g/mol. The van der Waals surface area contributed by atoms with Crippen molar-refractivity contribution in [1.82, 2.24) is 0 Å². The maximum absolute atomic E-state index is 12.7. The summed E-state index contributed by atoms with van der Waals surface area (Å²) in [5.41, 5.74) is 1.46. The molecule has 0 aliphatic carbocycles. The number of anilines is 2. The highest BCUT2D eigenvalue weighted by atomic mass is 79.9. The van der Waals surface area contributed by atoms with Crippen LogP contribution in [-0.2, 0) is 4.79 Å². The van der Waals surface area contributed by atoms with Gasteiger partial charge in [-0.15, -0.1) is 0 Å². The Hall–Kier alpha value is -3.64. The van der Waals surface area contributed by atoms with Crippen molar-refractivity contribution in [2.45, 2.75) is 0 Å². The third-order valence-electron chi connectivity index (χ3n) is 4.66. The van der Waals surface area contributed by atoms with E-state index in [2.05, 4.69) is 26.6 Å². The first-order chi connectivity index (χ1) is 15.1. The molecule has 0 aromatic heterocycles. The minimum Gasteiger partial charge on any atom is -0.483 e. The maximum Gasteiger partial charge on any atom is 0.262 e. The number of nitrogens with one attached hydrogen (secondary N) is 2. The molecular weight excluding hydrogens is 456 g/mol. The number of rotatable bonds is 6. The van der Waals surface area contributed by atoms with E-state index < -0.39 is 0 Å². The summed E-state index contributed by atoms with van der Waals surface area (Å²) < 4.78 is 6.51. The molecule has 0 aliphatic rings. The van der Waals surface area contributed by atoms with Crippen molar-refractivity contribution in [3.63, 3.8) is 0 Å². The molecule has 0 unspecified atom stereocenters. The third kappa shape index (κ3) is 4.92. The normalized spacial score (nSPS) is 10.5. The van der Waals surface area contributed by atoms with Gasteiger partial charge in [-0.1, -0.05) is 60.7 Å². The second-order valence-electron chi connectivity index (χ2n) is 6.80. The molecule has 0 atom stereocenters. The third-order valence-corrected chi connectivity index (χ3v) is 5.48. The maximum atomic E-state index is 12.7. The van der Waals surface area contributed by atoms with E-state index in [1.165, 1.54) is 0 Å². The van der Waals surface area contributed by atoms with Crippen LogP contribution in [0.5, 0.6) is 5.75 Å². The minimum absolute atomic E-state index is 0.189. The van der Waals surface area contributed by atoms with Crippen LogP contribution in [0.25, 0.3) is 10.8 Å². The van der Waals surface area contributed by atoms with Gasteiger partial charge in [0.25, 0.3) is 11.8 Å². The molecule has 2 amide bonds. The zero-order valence-electron chi connectivity index (χ0n) is 16.5. The summed E-state index contributed by atoms with van der Waals surface area (Å²) in [5.74, 6) is -0.0933. The molecule has 0 spiro atoms. The zero-order valence-corrected chi connectivity index (χ0v) is 18.1. The van der Waals surface area contributed by atoms with Gasteiger partial charge in [0.15, 0.2) is 6.61 Å². The molecule has 0 aliphatic heterocycles. The van der Waals surface area contributed by atoms with Crippen molar-refractivity contribution in [3.05, 3.63) is 101 Å². The molecule has 154 valence electrons. The second kappa shape index (κ2) is 9.45. The van der Waals surface area contributed by atoms with Gasteiger partial charge in [-0.2, -0.15) is 0 Å². The smallest absolute Gasteiger partial charge is 0.262 e. The summed E-state index contributed by atoms with van der Waals surface area (Å²) in [6, 6.07) is 27.7. The standard InChI is InChI=1S/C25H19BrN2O3/c26-24-19-11-5-4-8-17(19)14-15-22(24)31-16-23(29)28-21-13-7-6-12-20(21)25(30)27-18-9-2-1-3-10-18/h1-15H,16H2,(H,27,30)(H,28,29). The predicted molar refractivity (Wildman–Crippen MR) is 127 cm³/mol. The van der Waals surface area contributed by atoms with Crippen LogP contribution in [0.15, 0.2) is 95.5 Å². The lowest BCUT2D eigenvalue weighted by molar-refractivity contribution is -0.118. The number of benzene rings is 4. The van der Waals surface area contributed by atoms with Gasteiger partial charge in [0.05, 0.1) is 15.7 Å². The predicted octanol–water partition coefficient (Wildman–Crippen LogP) is 5.87. The first-order valence-corrected chi connectivity index (χ1v) is 10.5. The second-order valence-corrected chi connectivity index (χ2v) is 7.59. The molecule has 4 aromatic rings. The Labute approximate surface area is 188 Å². The van der Waals surface area contributed by atoms with Crippen molar-refractivity contribution >= 4 is 49.9 Å². The van der Waals surface area contributed by atoms with Crippen molar-refractivity contribution in [2.24, 2.45) is 0 Å². The van der Waals surface area contributed by atoms with Gasteiger partial charge in [-0.05, 0) is 57.0 Å². The fourth-order valence-electron chi connectivity index (χ4n) is 3.16. The van der Waals surface area contributed by atoms with E-state index in [1.54, 1.807) is 36.4 Å². The van der Waals surface area contributed by atoms with Crippen molar-refractivity contribution in [1.29, 1.82) is 0 Å². The molecule has 5 nitrogen and oxygen atoms in total. The lowest BCUT2D eigenvalue weighted by Gasteiger charge is -2.13. The largest absolute Gasteiger partial charge is 0.483 e. The molecule has 4 aromatic carbocycles. The molecule has 0 fully saturated rings. The molecule has 0 bridgehead atoms. The molecule has 0 saturated carbocycles. The van der Waals surface area contributed by atoms with Gasteiger partial charge < -0.3 is 15.4 Å². The molecular formula is C25H19BrN2O3. The van der Waals surface area contributed by atoms with Gasteiger partial charge in [0.1, 0.15) is 5.75 Å². The first-order valence-electron chi connectivity index (χ1n) is 9.67. The highest BCUT2D eigenvalue weighted by Crippen LogP contribution is 2.33. The fourth-order valence-corrected chi connectivity index (χ4v) is 3.77. The summed E-state index contributed by atoms with van der Waals surface area (Å²) in [6.45, 7) is -0.189. The van der Waals surface area contributed by atoms with Gasteiger partial charge in [0, 0.05) is 5.69 Å². The number of halogens is 1. The van der Waals surface area contributed by atoms with Crippen LogP contribution in [0, 0.1) is 0 Å². The van der Waals surface area contributed by atoms with Gasteiger partial charge >= 0.3 is 0 Å². The Kier molecular flexibility index (Phi) is 6.29. The summed E-state index contributed by atoms with van der Waals surface area (Å²) in [7, 11) is 0. The van der Waals surface area contributed by atoms with Crippen molar-refractivity contribution in [3.8, 4) is 5.75 Å². The number of para-hydroxylation sites is 2. The molecule has 0 heterocycles. The monoisotopic (exact) mass is 474 g/mol. The van der Waals surface area contributed by atoms with Crippen LogP contribution in [0.3, 0.4) is 0 Å². The molecule has 0 radical (unpaired) electrons. The quantitative estimate of drug-likeness (QED) is 0.367. The molecule has 31 heavy (non-hydrogen) atoms. The Morgan fingerprint density at radius 2 is 1.48 bits per heavy atom. The van der Waals surface area contributed by atoms with E-state index in [4.69, 9.17) is 4.74 Å². The highest BCUT2D eigenvalue weighted by molar-refractivity contribution is 9.10. The van der Waals surface area contributed by atoms with E-state index in [0.29, 0.717) is 22.7 Å². The number of fused-ring (bicyclic) bond motifs is 1. The SMILES string of the molecule is O=C(COc1ccc2ccccc2c1Br)Nc1ccccc1C(=O)Nc1ccccc1. The lowest BCUT2D eigenvalue weighted by atomic mass is 10.1. The minimum atomic E-state index is -0.361. The van der Waals surface area contributed by atoms with Crippen LogP contribution in [0.4, 0.5) is 11.4 Å². The Morgan fingerprint density at radius 1 is 0.774 bits per heavy atom. The van der Waals surface area contributed by atoms with E-state index >= 15 is 0 Å². The van der Waals surface area contributed by atoms with Crippen molar-refractivity contribution < 1.29 is 14.3 Å². The van der Waals surface area contributed by atoms with Gasteiger partial charge in [0.2, 0.25) is 0 Å². The van der Waals surface area contributed by atoms with Crippen LogP contribution < -0.4 is 15.4 Å². The van der Waals surface area contributed by atoms with Gasteiger partial charge in [-0.3, -0.25) is 9.59 Å². The summed E-state index contributed by atoms with van der Waals surface area (Å²) >= 11 is 3.55. The lowest BCUT2D eigenvalue weighted by Crippen LogP contribution is -2.23. The van der Waals surface area contributed by atoms with E-state index in [0.717, 1.165) is 15.2 Å². The summed E-state index contributed by atoms with van der Waals surface area (Å²) in [5, 5.41) is 7.67. The topological polar surface area (TPSA) is 67.4 Å². The van der Waals surface area contributed by atoms with Crippen LogP contribution in [0.2, 0.25) is 0 Å². The van der Waals surface area contributed by atoms with Crippen LogP contribution in [0.1, 0.15) is 10.4 Å². The number of carbonyl (C=O) groups is 2. The zero-order chi connectivity index (χ0) is 21.6. The number of ether oxygens (including phenoxy) is 1. The highest BCUT2D eigenvalue weighted by Gasteiger charge is 2.14. The molecule has 0 saturated heterocycles. The Bertz CT molecular complexity index is 1240. The number of carbonyl (C=O) groups excluding carboxylic acids is 2. The summed E-state index contributed by atoms with van der Waals surface area (Å²) in [6.07, 6.45) is 0. The average Bonchev–Trinajstić information content (AvgIpc) is 2.80. The Morgan fingerprint density at radius 3 is 2.32 bits per heavy atom. The number of hydrogen-bond donors (Lipinski definition) is 2. The Balaban J connectivity index is 1.43. The van der Waals surface area contributed by atoms with Crippen LogP contribution in [-0.4, -0.2) is 18.4 Å². The molecule has 6 heteroatoms. The first kappa shape index (κ1) is 20.6. The number of amides is 2. The van der Waals surface area contributed by atoms with E-state index in [9.17, 15) is 9.59 Å². The van der Waals surface area contributed by atoms with Crippen LogP contribution >= 0.6 is 15.9 Å².